The number of carbonyl (C=O) groups is 1. The first-order valence-electron chi connectivity index (χ1n) is 6.72. The molecule has 5 nitrogen and oxygen atoms in total. The number of amides is 1. The lowest BCUT2D eigenvalue weighted by atomic mass is 9.99. The van der Waals surface area contributed by atoms with E-state index in [0.717, 1.165) is 11.3 Å². The van der Waals surface area contributed by atoms with E-state index in [1.54, 1.807) is 12.0 Å². The number of hydrogen-bond acceptors (Lipinski definition) is 4. The minimum atomic E-state index is -0.471. The third-order valence-electron chi connectivity index (χ3n) is 3.57. The summed E-state index contributed by atoms with van der Waals surface area (Å²) in [5, 5.41) is 9.09. The van der Waals surface area contributed by atoms with Crippen molar-refractivity contribution in [3.05, 3.63) is 29.8 Å². The Hall–Kier alpha value is -1.59. The van der Waals surface area contributed by atoms with Crippen molar-refractivity contribution in [2.24, 2.45) is 0 Å². The first-order valence-corrected chi connectivity index (χ1v) is 6.72. The maximum absolute atomic E-state index is 12.0. The Labute approximate surface area is 119 Å². The molecule has 0 spiro atoms. The molecule has 5 heteroatoms. The van der Waals surface area contributed by atoms with Crippen molar-refractivity contribution >= 4 is 5.91 Å². The van der Waals surface area contributed by atoms with Crippen LogP contribution < -0.4 is 4.74 Å². The summed E-state index contributed by atoms with van der Waals surface area (Å²) in [6, 6.07) is 7.67. The number of benzene rings is 1. The zero-order valence-corrected chi connectivity index (χ0v) is 12.0. The van der Waals surface area contributed by atoms with Crippen LogP contribution in [-0.2, 0) is 16.1 Å². The highest BCUT2D eigenvalue weighted by Gasteiger charge is 2.35. The van der Waals surface area contributed by atoms with Crippen molar-refractivity contribution in [3.8, 4) is 5.75 Å². The first kappa shape index (κ1) is 14.8. The number of aliphatic hydroxyl groups is 1. The van der Waals surface area contributed by atoms with Crippen molar-refractivity contribution < 1.29 is 19.4 Å². The van der Waals surface area contributed by atoms with Gasteiger partial charge in [0.25, 0.3) is 0 Å². The molecule has 1 aliphatic rings. The standard InChI is InChI=1S/C15H21NO4/c1-15(6-7-17)11-16(14(18)10-20-15)9-12-4-3-5-13(8-12)19-2/h3-5,8,17H,6-7,9-11H2,1-2H3. The summed E-state index contributed by atoms with van der Waals surface area (Å²) < 4.78 is 10.7. The van der Waals surface area contributed by atoms with Crippen LogP contribution in [0.25, 0.3) is 0 Å². The van der Waals surface area contributed by atoms with Crippen LogP contribution in [0, 0.1) is 0 Å². The molecular weight excluding hydrogens is 258 g/mol. The highest BCUT2D eigenvalue weighted by Crippen LogP contribution is 2.24. The van der Waals surface area contributed by atoms with E-state index < -0.39 is 5.60 Å². The number of methoxy groups -OCH3 is 1. The Morgan fingerprint density at radius 2 is 2.30 bits per heavy atom. The second kappa shape index (κ2) is 6.24. The molecule has 1 atom stereocenters. The average molecular weight is 279 g/mol. The second-order valence-corrected chi connectivity index (χ2v) is 5.31. The maximum atomic E-state index is 12.0. The molecule has 110 valence electrons. The zero-order valence-electron chi connectivity index (χ0n) is 12.0. The number of rotatable bonds is 5. The lowest BCUT2D eigenvalue weighted by Gasteiger charge is -2.40. The molecule has 1 saturated heterocycles. The average Bonchev–Trinajstić information content (AvgIpc) is 2.44. The monoisotopic (exact) mass is 279 g/mol. The van der Waals surface area contributed by atoms with Crippen molar-refractivity contribution in [3.63, 3.8) is 0 Å². The van der Waals surface area contributed by atoms with Gasteiger partial charge in [0.15, 0.2) is 0 Å². The van der Waals surface area contributed by atoms with Crippen LogP contribution in [0.4, 0.5) is 0 Å². The van der Waals surface area contributed by atoms with Crippen LogP contribution >= 0.6 is 0 Å². The molecule has 1 heterocycles. The number of carbonyl (C=O) groups excluding carboxylic acids is 1. The molecule has 2 rings (SSSR count). The van der Waals surface area contributed by atoms with E-state index in [2.05, 4.69) is 0 Å². The quantitative estimate of drug-likeness (QED) is 0.879. The topological polar surface area (TPSA) is 59.0 Å². The SMILES string of the molecule is COc1cccc(CN2CC(C)(CCO)OCC2=O)c1. The van der Waals surface area contributed by atoms with Gasteiger partial charge in [0.05, 0.1) is 12.7 Å². The van der Waals surface area contributed by atoms with Gasteiger partial charge in [-0.15, -0.1) is 0 Å². The van der Waals surface area contributed by atoms with Crippen LogP contribution in [0.1, 0.15) is 18.9 Å². The Kier molecular flexibility index (Phi) is 4.62. The van der Waals surface area contributed by atoms with Gasteiger partial charge >= 0.3 is 0 Å². The van der Waals surface area contributed by atoms with Gasteiger partial charge in [-0.3, -0.25) is 4.79 Å². The van der Waals surface area contributed by atoms with E-state index in [4.69, 9.17) is 14.6 Å². The highest BCUT2D eigenvalue weighted by molar-refractivity contribution is 5.78. The molecule has 0 radical (unpaired) electrons. The van der Waals surface area contributed by atoms with Gasteiger partial charge in [-0.1, -0.05) is 12.1 Å². The lowest BCUT2D eigenvalue weighted by molar-refractivity contribution is -0.164. The summed E-state index contributed by atoms with van der Waals surface area (Å²) in [7, 11) is 1.62. The molecule has 0 aromatic heterocycles. The van der Waals surface area contributed by atoms with Crippen LogP contribution in [-0.4, -0.2) is 48.4 Å². The first-order chi connectivity index (χ1) is 9.56. The molecule has 0 bridgehead atoms. The minimum absolute atomic E-state index is 0.0248. The van der Waals surface area contributed by atoms with Gasteiger partial charge in [0.2, 0.25) is 5.91 Å². The smallest absolute Gasteiger partial charge is 0.248 e. The summed E-state index contributed by atoms with van der Waals surface area (Å²) in [5.41, 5.74) is 0.549. The van der Waals surface area contributed by atoms with E-state index in [1.165, 1.54) is 0 Å². The van der Waals surface area contributed by atoms with Gasteiger partial charge in [-0.05, 0) is 24.6 Å². The number of morpholine rings is 1. The molecule has 20 heavy (non-hydrogen) atoms. The van der Waals surface area contributed by atoms with Gasteiger partial charge < -0.3 is 19.5 Å². The van der Waals surface area contributed by atoms with Gasteiger partial charge in [-0.2, -0.15) is 0 Å². The van der Waals surface area contributed by atoms with Crippen LogP contribution in [0.3, 0.4) is 0 Å². The lowest BCUT2D eigenvalue weighted by Crippen LogP contribution is -2.53. The molecular formula is C15H21NO4. The van der Waals surface area contributed by atoms with Crippen LogP contribution in [0.5, 0.6) is 5.75 Å². The van der Waals surface area contributed by atoms with Crippen LogP contribution in [0.15, 0.2) is 24.3 Å². The van der Waals surface area contributed by atoms with Crippen molar-refractivity contribution in [1.82, 2.24) is 4.90 Å². The summed E-state index contributed by atoms with van der Waals surface area (Å²) in [6.07, 6.45) is 0.523. The number of ether oxygens (including phenoxy) is 2. The summed E-state index contributed by atoms with van der Waals surface area (Å²) in [5.74, 6) is 0.754. The number of aliphatic hydroxyl groups excluding tert-OH is 1. The third kappa shape index (κ3) is 3.49. The summed E-state index contributed by atoms with van der Waals surface area (Å²) in [4.78, 5) is 13.7. The van der Waals surface area contributed by atoms with Gasteiger partial charge in [0.1, 0.15) is 12.4 Å². The maximum Gasteiger partial charge on any atom is 0.248 e. The largest absolute Gasteiger partial charge is 0.497 e. The predicted octanol–water partition coefficient (Wildman–Crippen LogP) is 1.20. The van der Waals surface area contributed by atoms with E-state index in [1.807, 2.05) is 31.2 Å². The Balaban J connectivity index is 2.08. The van der Waals surface area contributed by atoms with E-state index in [0.29, 0.717) is 19.5 Å². The van der Waals surface area contributed by atoms with Crippen molar-refractivity contribution in [2.45, 2.75) is 25.5 Å². The Morgan fingerprint density at radius 3 is 3.00 bits per heavy atom. The predicted molar refractivity (Wildman–Crippen MR) is 74.5 cm³/mol. The molecule has 1 fully saturated rings. The number of nitrogens with zero attached hydrogens (tertiary/aromatic N) is 1. The Bertz CT molecular complexity index is 477. The van der Waals surface area contributed by atoms with E-state index >= 15 is 0 Å². The normalized spacial score (nSPS) is 22.9. The van der Waals surface area contributed by atoms with E-state index in [-0.39, 0.29) is 19.1 Å². The molecule has 1 N–H and O–H groups in total. The molecule has 1 unspecified atom stereocenters. The fourth-order valence-electron chi connectivity index (χ4n) is 2.39. The molecule has 1 aromatic rings. The summed E-state index contributed by atoms with van der Waals surface area (Å²) in [6.45, 7) is 3.07. The fourth-order valence-corrected chi connectivity index (χ4v) is 2.39. The van der Waals surface area contributed by atoms with Crippen molar-refractivity contribution in [1.29, 1.82) is 0 Å². The zero-order chi connectivity index (χ0) is 14.6. The summed E-state index contributed by atoms with van der Waals surface area (Å²) >= 11 is 0. The number of hydrogen-bond donors (Lipinski definition) is 1. The highest BCUT2D eigenvalue weighted by atomic mass is 16.5. The van der Waals surface area contributed by atoms with Crippen molar-refractivity contribution in [2.75, 3.05) is 26.9 Å². The molecule has 1 aliphatic heterocycles. The molecule has 1 aromatic carbocycles. The van der Waals surface area contributed by atoms with Gasteiger partial charge in [0, 0.05) is 26.1 Å². The van der Waals surface area contributed by atoms with E-state index in [9.17, 15) is 4.79 Å². The molecule has 0 aliphatic carbocycles. The molecule has 1 amide bonds. The van der Waals surface area contributed by atoms with Crippen LogP contribution in [0.2, 0.25) is 0 Å². The Morgan fingerprint density at radius 1 is 1.50 bits per heavy atom. The second-order valence-electron chi connectivity index (χ2n) is 5.31. The minimum Gasteiger partial charge on any atom is -0.497 e. The third-order valence-corrected chi connectivity index (χ3v) is 3.57. The van der Waals surface area contributed by atoms with Gasteiger partial charge in [-0.25, -0.2) is 0 Å². The fraction of sp³-hybridized carbons (Fsp3) is 0.533. The molecule has 0 saturated carbocycles.